The number of piperazine rings is 1. The maximum Gasteiger partial charge on any atom is 0.223 e. The van der Waals surface area contributed by atoms with Crippen LogP contribution in [0.2, 0.25) is 0 Å². The van der Waals surface area contributed by atoms with Gasteiger partial charge in [-0.3, -0.25) is 4.90 Å². The summed E-state index contributed by atoms with van der Waals surface area (Å²) in [7, 11) is 0. The topological polar surface area (TPSA) is 89.0 Å². The van der Waals surface area contributed by atoms with Crippen LogP contribution in [0.1, 0.15) is 17.4 Å². The summed E-state index contributed by atoms with van der Waals surface area (Å²) in [5.41, 5.74) is 0.963. The van der Waals surface area contributed by atoms with Crippen molar-refractivity contribution in [3.8, 4) is 5.82 Å². The lowest BCUT2D eigenvalue weighted by molar-refractivity contribution is 0.239. The third-order valence-corrected chi connectivity index (χ3v) is 4.23. The number of nitrogens with zero attached hydrogens (tertiary/aromatic N) is 8. The Hall–Kier alpha value is -2.81. The Morgan fingerprint density at radius 3 is 2.56 bits per heavy atom. The average molecular weight is 340 g/mol. The molecule has 0 radical (unpaired) electrons. The van der Waals surface area contributed by atoms with E-state index >= 15 is 0 Å². The van der Waals surface area contributed by atoms with Crippen LogP contribution in [0.3, 0.4) is 0 Å². The van der Waals surface area contributed by atoms with Gasteiger partial charge >= 0.3 is 0 Å². The second kappa shape index (κ2) is 6.60. The summed E-state index contributed by atoms with van der Waals surface area (Å²) in [5, 5.41) is 8.37. The molecule has 1 fully saturated rings. The van der Waals surface area contributed by atoms with E-state index in [-0.39, 0.29) is 0 Å². The van der Waals surface area contributed by atoms with Gasteiger partial charge in [0.25, 0.3) is 0 Å². The molecule has 0 unspecified atom stereocenters. The minimum atomic E-state index is 0.607. The Bertz CT molecular complexity index is 849. The smallest absolute Gasteiger partial charge is 0.223 e. The zero-order chi connectivity index (χ0) is 17.2. The minimum Gasteiger partial charge on any atom is -0.354 e. The Balaban J connectivity index is 1.40. The maximum absolute atomic E-state index is 5.03. The molecule has 3 aromatic rings. The molecule has 4 heterocycles. The third kappa shape index (κ3) is 3.50. The quantitative estimate of drug-likeness (QED) is 0.694. The van der Waals surface area contributed by atoms with Crippen LogP contribution in [0.25, 0.3) is 5.82 Å². The summed E-state index contributed by atoms with van der Waals surface area (Å²) in [5.74, 6) is 3.05. The molecule has 0 N–H and O–H groups in total. The van der Waals surface area contributed by atoms with E-state index in [0.717, 1.165) is 49.3 Å². The van der Waals surface area contributed by atoms with E-state index < -0.39 is 0 Å². The lowest BCUT2D eigenvalue weighted by Gasteiger charge is -2.34. The largest absolute Gasteiger partial charge is 0.354 e. The van der Waals surface area contributed by atoms with E-state index in [9.17, 15) is 0 Å². The molecule has 0 atom stereocenters. The van der Waals surface area contributed by atoms with Gasteiger partial charge in [0.15, 0.2) is 11.6 Å². The standard InChI is InChI=1S/C16H20N8O/c1-12-3-4-24(20-12)16-9-15(17-11-18-16)23-7-5-22(6-8-23)10-14-19-13(2)25-21-14/h3-4,9,11H,5-8,10H2,1-2H3. The van der Waals surface area contributed by atoms with E-state index in [1.165, 1.54) is 0 Å². The van der Waals surface area contributed by atoms with Gasteiger partial charge < -0.3 is 9.42 Å². The third-order valence-electron chi connectivity index (χ3n) is 4.23. The van der Waals surface area contributed by atoms with Crippen molar-refractivity contribution < 1.29 is 4.52 Å². The molecule has 0 aliphatic carbocycles. The fourth-order valence-electron chi connectivity index (χ4n) is 2.92. The Morgan fingerprint density at radius 2 is 1.88 bits per heavy atom. The molecule has 9 heteroatoms. The molecule has 1 aliphatic rings. The first-order valence-electron chi connectivity index (χ1n) is 8.28. The van der Waals surface area contributed by atoms with Gasteiger partial charge in [-0.2, -0.15) is 10.1 Å². The first-order chi connectivity index (χ1) is 12.2. The molecule has 25 heavy (non-hydrogen) atoms. The summed E-state index contributed by atoms with van der Waals surface area (Å²) in [6.45, 7) is 8.12. The monoisotopic (exact) mass is 340 g/mol. The zero-order valence-corrected chi connectivity index (χ0v) is 14.3. The van der Waals surface area contributed by atoms with Crippen LogP contribution in [0.15, 0.2) is 29.2 Å². The predicted octanol–water partition coefficient (Wildman–Crippen LogP) is 0.984. The van der Waals surface area contributed by atoms with Crippen molar-refractivity contribution in [3.05, 3.63) is 42.1 Å². The SMILES string of the molecule is Cc1ccn(-c2cc(N3CCN(Cc4noc(C)n4)CC3)ncn2)n1. The zero-order valence-electron chi connectivity index (χ0n) is 14.3. The van der Waals surface area contributed by atoms with Crippen LogP contribution in [0.4, 0.5) is 5.82 Å². The van der Waals surface area contributed by atoms with Crippen molar-refractivity contribution in [2.75, 3.05) is 31.1 Å². The molecule has 1 aliphatic heterocycles. The summed E-state index contributed by atoms with van der Waals surface area (Å²) < 4.78 is 6.80. The maximum atomic E-state index is 5.03. The van der Waals surface area contributed by atoms with Gasteiger partial charge in [-0.25, -0.2) is 14.6 Å². The second-order valence-corrected chi connectivity index (χ2v) is 6.13. The number of anilines is 1. The van der Waals surface area contributed by atoms with Crippen molar-refractivity contribution in [1.29, 1.82) is 0 Å². The molecule has 0 aromatic carbocycles. The molecule has 4 rings (SSSR count). The number of hydrogen-bond acceptors (Lipinski definition) is 8. The number of hydrogen-bond donors (Lipinski definition) is 0. The predicted molar refractivity (Wildman–Crippen MR) is 90.4 cm³/mol. The molecule has 0 amide bonds. The van der Waals surface area contributed by atoms with Gasteiger partial charge in [-0.05, 0) is 13.0 Å². The molecule has 0 bridgehead atoms. The first kappa shape index (κ1) is 15.7. The molecule has 130 valence electrons. The number of aromatic nitrogens is 6. The number of aryl methyl sites for hydroxylation is 2. The Morgan fingerprint density at radius 1 is 1.08 bits per heavy atom. The fraction of sp³-hybridized carbons (Fsp3) is 0.438. The second-order valence-electron chi connectivity index (χ2n) is 6.13. The molecular formula is C16H20N8O. The van der Waals surface area contributed by atoms with Crippen molar-refractivity contribution in [2.24, 2.45) is 0 Å². The van der Waals surface area contributed by atoms with E-state index in [2.05, 4.69) is 35.0 Å². The lowest BCUT2D eigenvalue weighted by Crippen LogP contribution is -2.46. The van der Waals surface area contributed by atoms with Gasteiger partial charge in [-0.15, -0.1) is 0 Å². The van der Waals surface area contributed by atoms with Gasteiger partial charge in [0.2, 0.25) is 5.89 Å². The summed E-state index contributed by atoms with van der Waals surface area (Å²) in [4.78, 5) is 17.6. The van der Waals surface area contributed by atoms with E-state index in [1.54, 1.807) is 11.0 Å². The Kier molecular flexibility index (Phi) is 4.14. The van der Waals surface area contributed by atoms with Crippen LogP contribution in [0, 0.1) is 13.8 Å². The molecule has 3 aromatic heterocycles. The molecule has 9 nitrogen and oxygen atoms in total. The van der Waals surface area contributed by atoms with Gasteiger partial charge in [0.05, 0.1) is 12.2 Å². The van der Waals surface area contributed by atoms with Crippen molar-refractivity contribution >= 4 is 5.82 Å². The van der Waals surface area contributed by atoms with Crippen LogP contribution < -0.4 is 4.90 Å². The van der Waals surface area contributed by atoms with Crippen LogP contribution >= 0.6 is 0 Å². The fourth-order valence-corrected chi connectivity index (χ4v) is 2.92. The Labute approximate surface area is 145 Å². The van der Waals surface area contributed by atoms with Gasteiger partial charge in [0.1, 0.15) is 12.1 Å². The van der Waals surface area contributed by atoms with Gasteiger partial charge in [0, 0.05) is 45.4 Å². The summed E-state index contributed by atoms with van der Waals surface area (Å²) >= 11 is 0. The number of rotatable bonds is 4. The summed E-state index contributed by atoms with van der Waals surface area (Å²) in [6.07, 6.45) is 3.50. The normalized spacial score (nSPS) is 15.7. The van der Waals surface area contributed by atoms with Crippen LogP contribution in [-0.2, 0) is 6.54 Å². The highest BCUT2D eigenvalue weighted by molar-refractivity contribution is 5.43. The minimum absolute atomic E-state index is 0.607. The molecular weight excluding hydrogens is 320 g/mol. The van der Waals surface area contributed by atoms with Gasteiger partial charge in [-0.1, -0.05) is 5.16 Å². The first-order valence-corrected chi connectivity index (χ1v) is 8.28. The van der Waals surface area contributed by atoms with Crippen molar-refractivity contribution in [2.45, 2.75) is 20.4 Å². The lowest BCUT2D eigenvalue weighted by atomic mass is 10.3. The average Bonchev–Trinajstić information content (AvgIpc) is 3.24. The van der Waals surface area contributed by atoms with Crippen LogP contribution in [-0.4, -0.2) is 61.0 Å². The van der Waals surface area contributed by atoms with E-state index in [0.29, 0.717) is 12.4 Å². The summed E-state index contributed by atoms with van der Waals surface area (Å²) in [6, 6.07) is 3.94. The van der Waals surface area contributed by atoms with E-state index in [1.807, 2.05) is 32.2 Å². The molecule has 1 saturated heterocycles. The molecule has 0 saturated carbocycles. The van der Waals surface area contributed by atoms with Crippen molar-refractivity contribution in [1.82, 2.24) is 34.8 Å². The van der Waals surface area contributed by atoms with Crippen molar-refractivity contribution in [3.63, 3.8) is 0 Å². The van der Waals surface area contributed by atoms with Crippen LogP contribution in [0.5, 0.6) is 0 Å². The highest BCUT2D eigenvalue weighted by Gasteiger charge is 2.20. The van der Waals surface area contributed by atoms with E-state index in [4.69, 9.17) is 4.52 Å². The highest BCUT2D eigenvalue weighted by atomic mass is 16.5. The molecule has 0 spiro atoms. The highest BCUT2D eigenvalue weighted by Crippen LogP contribution is 2.16.